The number of amides is 1. The van der Waals surface area contributed by atoms with Crippen LogP contribution in [0.5, 0.6) is 0 Å². The molecule has 2 aliphatic rings. The third-order valence-electron chi connectivity index (χ3n) is 3.99. The summed E-state index contributed by atoms with van der Waals surface area (Å²) in [5.41, 5.74) is 1.84. The molecule has 1 aromatic carbocycles. The smallest absolute Gasteiger partial charge is 0.340 e. The number of nitrogens with zero attached hydrogens (tertiary/aromatic N) is 1. The minimum absolute atomic E-state index is 0.0238. The fourth-order valence-electron chi connectivity index (χ4n) is 2.52. The van der Waals surface area contributed by atoms with Crippen LogP contribution in [0.2, 0.25) is 0 Å². The number of carbonyl (C=O) groups is 2. The van der Waals surface area contributed by atoms with Gasteiger partial charge in [0.15, 0.2) is 0 Å². The van der Waals surface area contributed by atoms with Crippen LogP contribution in [0.4, 0.5) is 11.4 Å². The van der Waals surface area contributed by atoms with Crippen molar-refractivity contribution in [2.24, 2.45) is 5.92 Å². The van der Waals surface area contributed by atoms with E-state index in [2.05, 4.69) is 10.2 Å². The van der Waals surface area contributed by atoms with E-state index in [4.69, 9.17) is 9.47 Å². The average molecular weight is 304 g/mol. The quantitative estimate of drug-likeness (QED) is 0.857. The van der Waals surface area contributed by atoms with Crippen LogP contribution in [0.15, 0.2) is 18.2 Å². The number of ether oxygens (including phenoxy) is 2. The van der Waals surface area contributed by atoms with Gasteiger partial charge in [-0.25, -0.2) is 4.79 Å². The lowest BCUT2D eigenvalue weighted by Gasteiger charge is -2.29. The first-order valence-corrected chi connectivity index (χ1v) is 7.55. The zero-order valence-electron chi connectivity index (χ0n) is 12.6. The van der Waals surface area contributed by atoms with E-state index in [1.165, 1.54) is 7.11 Å². The second-order valence-electron chi connectivity index (χ2n) is 5.58. The molecule has 1 amide bonds. The maximum atomic E-state index is 12.0. The van der Waals surface area contributed by atoms with Crippen molar-refractivity contribution >= 4 is 23.3 Å². The number of esters is 1. The van der Waals surface area contributed by atoms with Gasteiger partial charge in [-0.15, -0.1) is 0 Å². The lowest BCUT2D eigenvalue weighted by molar-refractivity contribution is -0.117. The van der Waals surface area contributed by atoms with Gasteiger partial charge in [0.25, 0.3) is 0 Å². The van der Waals surface area contributed by atoms with Crippen LogP contribution >= 0.6 is 0 Å². The second-order valence-corrected chi connectivity index (χ2v) is 5.58. The van der Waals surface area contributed by atoms with E-state index in [1.54, 1.807) is 12.1 Å². The van der Waals surface area contributed by atoms with Gasteiger partial charge in [0.2, 0.25) is 5.91 Å². The SMILES string of the molecule is COC(=O)c1cc(N2CCOCC2)ccc1NC(=O)C1CC1. The Morgan fingerprint density at radius 2 is 2.00 bits per heavy atom. The van der Waals surface area contributed by atoms with Gasteiger partial charge >= 0.3 is 5.97 Å². The third kappa shape index (κ3) is 3.22. The molecule has 1 heterocycles. The normalized spacial score (nSPS) is 18.0. The summed E-state index contributed by atoms with van der Waals surface area (Å²) in [4.78, 5) is 26.1. The van der Waals surface area contributed by atoms with Gasteiger partial charge in [0.1, 0.15) is 0 Å². The first-order valence-electron chi connectivity index (χ1n) is 7.55. The number of nitrogens with one attached hydrogen (secondary N) is 1. The Balaban J connectivity index is 1.85. The van der Waals surface area contributed by atoms with E-state index in [0.29, 0.717) is 24.5 Å². The molecule has 1 saturated heterocycles. The number of hydrogen-bond donors (Lipinski definition) is 1. The van der Waals surface area contributed by atoms with E-state index in [-0.39, 0.29) is 11.8 Å². The molecule has 1 aliphatic carbocycles. The maximum Gasteiger partial charge on any atom is 0.340 e. The lowest BCUT2D eigenvalue weighted by atomic mass is 10.1. The van der Waals surface area contributed by atoms with E-state index < -0.39 is 5.97 Å². The van der Waals surface area contributed by atoms with Crippen LogP contribution in [0.3, 0.4) is 0 Å². The van der Waals surface area contributed by atoms with Gasteiger partial charge in [0, 0.05) is 24.7 Å². The molecule has 118 valence electrons. The molecular formula is C16H20N2O4. The Hall–Kier alpha value is -2.08. The Labute approximate surface area is 129 Å². The van der Waals surface area contributed by atoms with Crippen LogP contribution in [-0.4, -0.2) is 45.3 Å². The van der Waals surface area contributed by atoms with Gasteiger partial charge in [-0.2, -0.15) is 0 Å². The molecule has 1 aromatic rings. The van der Waals surface area contributed by atoms with E-state index >= 15 is 0 Å². The predicted molar refractivity (Wildman–Crippen MR) is 82.2 cm³/mol. The van der Waals surface area contributed by atoms with Crippen molar-refractivity contribution in [2.75, 3.05) is 43.6 Å². The van der Waals surface area contributed by atoms with Crippen molar-refractivity contribution in [1.29, 1.82) is 0 Å². The minimum Gasteiger partial charge on any atom is -0.465 e. The van der Waals surface area contributed by atoms with Crippen molar-refractivity contribution in [2.45, 2.75) is 12.8 Å². The number of morpholine rings is 1. The predicted octanol–water partition coefficient (Wildman–Crippen LogP) is 1.66. The first kappa shape index (κ1) is 14.8. The Morgan fingerprint density at radius 1 is 1.27 bits per heavy atom. The number of carbonyl (C=O) groups excluding carboxylic acids is 2. The highest BCUT2D eigenvalue weighted by Crippen LogP contribution is 2.31. The Morgan fingerprint density at radius 3 is 2.64 bits per heavy atom. The summed E-state index contributed by atoms with van der Waals surface area (Å²) >= 11 is 0. The second kappa shape index (κ2) is 6.36. The lowest BCUT2D eigenvalue weighted by Crippen LogP contribution is -2.36. The van der Waals surface area contributed by atoms with Gasteiger partial charge in [-0.1, -0.05) is 0 Å². The maximum absolute atomic E-state index is 12.0. The number of anilines is 2. The molecule has 1 saturated carbocycles. The largest absolute Gasteiger partial charge is 0.465 e. The van der Waals surface area contributed by atoms with Crippen LogP contribution < -0.4 is 10.2 Å². The molecule has 6 nitrogen and oxygen atoms in total. The molecule has 0 unspecified atom stereocenters. The minimum atomic E-state index is -0.443. The molecule has 2 fully saturated rings. The zero-order chi connectivity index (χ0) is 15.5. The number of hydrogen-bond acceptors (Lipinski definition) is 5. The van der Waals surface area contributed by atoms with E-state index in [1.807, 2.05) is 6.07 Å². The van der Waals surface area contributed by atoms with Gasteiger partial charge in [-0.3, -0.25) is 4.79 Å². The number of methoxy groups -OCH3 is 1. The summed E-state index contributed by atoms with van der Waals surface area (Å²) in [5.74, 6) is -0.380. The van der Waals surface area contributed by atoms with Gasteiger partial charge in [0.05, 0.1) is 31.6 Å². The van der Waals surface area contributed by atoms with Gasteiger partial charge in [-0.05, 0) is 31.0 Å². The van der Waals surface area contributed by atoms with Crippen molar-refractivity contribution in [3.8, 4) is 0 Å². The van der Waals surface area contributed by atoms with Crippen molar-refractivity contribution in [3.05, 3.63) is 23.8 Å². The molecule has 1 N–H and O–H groups in total. The van der Waals surface area contributed by atoms with Crippen LogP contribution in [0.25, 0.3) is 0 Å². The Kier molecular flexibility index (Phi) is 4.29. The standard InChI is InChI=1S/C16H20N2O4/c1-21-16(20)13-10-12(18-6-8-22-9-7-18)4-5-14(13)17-15(19)11-2-3-11/h4-5,10-11H,2-3,6-9H2,1H3,(H,17,19). The highest BCUT2D eigenvalue weighted by Gasteiger charge is 2.30. The van der Waals surface area contributed by atoms with Crippen molar-refractivity contribution in [3.63, 3.8) is 0 Å². The first-order chi connectivity index (χ1) is 10.7. The van der Waals surface area contributed by atoms with Crippen LogP contribution in [0, 0.1) is 5.92 Å². The summed E-state index contributed by atoms with van der Waals surface area (Å²) in [5, 5.41) is 2.83. The molecular weight excluding hydrogens is 284 g/mol. The molecule has 6 heteroatoms. The molecule has 1 aliphatic heterocycles. The monoisotopic (exact) mass is 304 g/mol. The zero-order valence-corrected chi connectivity index (χ0v) is 12.6. The summed E-state index contributed by atoms with van der Waals surface area (Å²) in [6.45, 7) is 2.92. The van der Waals surface area contributed by atoms with Crippen LogP contribution in [0.1, 0.15) is 23.2 Å². The highest BCUT2D eigenvalue weighted by molar-refractivity contribution is 6.03. The summed E-state index contributed by atoms with van der Waals surface area (Å²) in [7, 11) is 1.34. The fourth-order valence-corrected chi connectivity index (χ4v) is 2.52. The molecule has 0 bridgehead atoms. The highest BCUT2D eigenvalue weighted by atomic mass is 16.5. The molecule has 3 rings (SSSR count). The van der Waals surface area contributed by atoms with E-state index in [9.17, 15) is 9.59 Å². The summed E-state index contributed by atoms with van der Waals surface area (Å²) in [6.07, 6.45) is 1.84. The molecule has 0 radical (unpaired) electrons. The molecule has 0 spiro atoms. The third-order valence-corrected chi connectivity index (χ3v) is 3.99. The van der Waals surface area contributed by atoms with Gasteiger partial charge < -0.3 is 19.7 Å². The van der Waals surface area contributed by atoms with Crippen molar-refractivity contribution in [1.82, 2.24) is 0 Å². The molecule has 0 atom stereocenters. The summed E-state index contributed by atoms with van der Waals surface area (Å²) < 4.78 is 10.2. The topological polar surface area (TPSA) is 67.9 Å². The molecule has 0 aromatic heterocycles. The number of rotatable bonds is 4. The van der Waals surface area contributed by atoms with Crippen LogP contribution in [-0.2, 0) is 14.3 Å². The fraction of sp³-hybridized carbons (Fsp3) is 0.500. The average Bonchev–Trinajstić information content (AvgIpc) is 3.40. The number of benzene rings is 1. The Bertz CT molecular complexity index is 578. The van der Waals surface area contributed by atoms with Crippen molar-refractivity contribution < 1.29 is 19.1 Å². The summed E-state index contributed by atoms with van der Waals surface area (Å²) in [6, 6.07) is 5.47. The van der Waals surface area contributed by atoms with E-state index in [0.717, 1.165) is 31.6 Å². The molecule has 22 heavy (non-hydrogen) atoms.